The Morgan fingerprint density at radius 1 is 0.973 bits per heavy atom. The molecule has 0 spiro atoms. The summed E-state index contributed by atoms with van der Waals surface area (Å²) >= 11 is 6.20. The molecule has 12 heteroatoms. The van der Waals surface area contributed by atoms with Crippen LogP contribution in [-0.4, -0.2) is 61.3 Å². The smallest absolute Gasteiger partial charge is 0.237 e. The minimum absolute atomic E-state index is 0.0708. The van der Waals surface area contributed by atoms with Gasteiger partial charge in [-0.3, -0.25) is 4.72 Å². The number of aromatic nitrogens is 2. The number of nitrogens with one attached hydrogen (secondary N) is 3. The third-order valence-corrected chi connectivity index (χ3v) is 8.45. The predicted molar refractivity (Wildman–Crippen MR) is 148 cm³/mol. The molecular formula is C25H31ClFN7O2S. The predicted octanol–water partition coefficient (Wildman–Crippen LogP) is 5.05. The Labute approximate surface area is 222 Å². The number of hydrogen-bond donors (Lipinski definition) is 3. The van der Waals surface area contributed by atoms with Gasteiger partial charge in [0.05, 0.1) is 21.7 Å². The van der Waals surface area contributed by atoms with E-state index in [0.29, 0.717) is 5.69 Å². The van der Waals surface area contributed by atoms with Crippen molar-refractivity contribution >= 4 is 56.1 Å². The molecule has 0 saturated carbocycles. The second-order valence-electron chi connectivity index (χ2n) is 9.89. The molecule has 1 aliphatic rings. The van der Waals surface area contributed by atoms with Crippen LogP contribution in [0.4, 0.5) is 38.9 Å². The molecule has 1 aromatic heterocycles. The van der Waals surface area contributed by atoms with E-state index in [0.717, 1.165) is 43.8 Å². The van der Waals surface area contributed by atoms with Crippen LogP contribution in [-0.2, 0) is 10.0 Å². The summed E-state index contributed by atoms with van der Waals surface area (Å²) in [6, 6.07) is 12.5. The standard InChI is InChI=1S/C25H31ClFN7O2S/c1-25(2,3)37(35,36)32-22-15-18(7-10-20(22)26)29-23-21(27)16-28-24(31-23)30-17-5-8-19(9-6-17)34-13-11-33(4)12-14-34/h5-10,15-16,32H,11-14H2,1-4H3,(H2,28,29,30,31). The third-order valence-electron chi connectivity index (χ3n) is 6.02. The lowest BCUT2D eigenvalue weighted by Crippen LogP contribution is -2.44. The van der Waals surface area contributed by atoms with E-state index in [1.165, 1.54) is 12.1 Å². The van der Waals surface area contributed by atoms with Crippen molar-refractivity contribution in [1.29, 1.82) is 0 Å². The van der Waals surface area contributed by atoms with E-state index in [2.05, 4.69) is 42.2 Å². The number of halogens is 2. The maximum absolute atomic E-state index is 14.5. The molecule has 3 aromatic rings. The summed E-state index contributed by atoms with van der Waals surface area (Å²) in [5.74, 6) is -0.528. The molecule has 0 unspecified atom stereocenters. The molecule has 2 heterocycles. The lowest BCUT2D eigenvalue weighted by atomic mass is 10.2. The first kappa shape index (κ1) is 26.9. The quantitative estimate of drug-likeness (QED) is 0.378. The third kappa shape index (κ3) is 6.60. The molecule has 0 radical (unpaired) electrons. The number of rotatable bonds is 7. The van der Waals surface area contributed by atoms with E-state index < -0.39 is 20.6 Å². The monoisotopic (exact) mass is 547 g/mol. The molecule has 0 amide bonds. The van der Waals surface area contributed by atoms with E-state index in [4.69, 9.17) is 11.6 Å². The van der Waals surface area contributed by atoms with Crippen LogP contribution in [0.3, 0.4) is 0 Å². The van der Waals surface area contributed by atoms with Crippen LogP contribution in [0.25, 0.3) is 0 Å². The molecule has 1 fully saturated rings. The molecule has 0 aliphatic carbocycles. The van der Waals surface area contributed by atoms with Gasteiger partial charge < -0.3 is 20.4 Å². The van der Waals surface area contributed by atoms with Crippen LogP contribution in [0.1, 0.15) is 20.8 Å². The fraction of sp³-hybridized carbons (Fsp3) is 0.360. The lowest BCUT2D eigenvalue weighted by Gasteiger charge is -2.34. The highest BCUT2D eigenvalue weighted by Gasteiger charge is 2.29. The first-order chi connectivity index (χ1) is 17.4. The lowest BCUT2D eigenvalue weighted by molar-refractivity contribution is 0.313. The molecule has 0 bridgehead atoms. The van der Waals surface area contributed by atoms with Crippen molar-refractivity contribution in [3.05, 3.63) is 59.5 Å². The summed E-state index contributed by atoms with van der Waals surface area (Å²) in [5.41, 5.74) is 2.48. The van der Waals surface area contributed by atoms with Gasteiger partial charge in [-0.15, -0.1) is 0 Å². The zero-order valence-electron chi connectivity index (χ0n) is 21.2. The molecule has 1 aliphatic heterocycles. The van der Waals surface area contributed by atoms with Gasteiger partial charge in [0.25, 0.3) is 0 Å². The Morgan fingerprint density at radius 2 is 1.62 bits per heavy atom. The Morgan fingerprint density at radius 3 is 2.27 bits per heavy atom. The number of likely N-dealkylation sites (N-methyl/N-ethyl adjacent to an activating group) is 1. The minimum atomic E-state index is -3.70. The summed E-state index contributed by atoms with van der Waals surface area (Å²) in [7, 11) is -1.58. The highest BCUT2D eigenvalue weighted by Crippen LogP contribution is 2.31. The molecule has 4 rings (SSSR count). The normalized spacial score (nSPS) is 14.9. The molecule has 37 heavy (non-hydrogen) atoms. The average molecular weight is 548 g/mol. The van der Waals surface area contributed by atoms with Crippen molar-refractivity contribution in [1.82, 2.24) is 14.9 Å². The van der Waals surface area contributed by atoms with Crippen molar-refractivity contribution < 1.29 is 12.8 Å². The van der Waals surface area contributed by atoms with E-state index in [-0.39, 0.29) is 22.5 Å². The molecule has 198 valence electrons. The van der Waals surface area contributed by atoms with Crippen LogP contribution in [0.15, 0.2) is 48.7 Å². The fourth-order valence-corrected chi connectivity index (χ4v) is 4.57. The Balaban J connectivity index is 1.48. The maximum Gasteiger partial charge on any atom is 0.237 e. The van der Waals surface area contributed by atoms with Gasteiger partial charge in [-0.2, -0.15) is 4.98 Å². The number of anilines is 6. The summed E-state index contributed by atoms with van der Waals surface area (Å²) in [6.45, 7) is 8.74. The second-order valence-corrected chi connectivity index (χ2v) is 12.7. The van der Waals surface area contributed by atoms with E-state index in [1.54, 1.807) is 26.8 Å². The summed E-state index contributed by atoms with van der Waals surface area (Å²) < 4.78 is 41.1. The first-order valence-corrected chi connectivity index (χ1v) is 13.7. The molecule has 0 atom stereocenters. The number of hydrogen-bond acceptors (Lipinski definition) is 8. The van der Waals surface area contributed by atoms with Gasteiger partial charge in [0.15, 0.2) is 11.6 Å². The maximum atomic E-state index is 14.5. The topological polar surface area (TPSA) is 102 Å². The molecule has 3 N–H and O–H groups in total. The SMILES string of the molecule is CN1CCN(c2ccc(Nc3ncc(F)c(Nc4ccc(Cl)c(NS(=O)(=O)C(C)(C)C)c4)n3)cc2)CC1. The minimum Gasteiger partial charge on any atom is -0.369 e. The second kappa shape index (κ2) is 10.7. The molecule has 1 saturated heterocycles. The van der Waals surface area contributed by atoms with Gasteiger partial charge in [0, 0.05) is 43.2 Å². The Bertz CT molecular complexity index is 1360. The van der Waals surface area contributed by atoms with Gasteiger partial charge >= 0.3 is 0 Å². The van der Waals surface area contributed by atoms with Crippen LogP contribution < -0.4 is 20.3 Å². The van der Waals surface area contributed by atoms with Crippen LogP contribution in [0, 0.1) is 5.82 Å². The summed E-state index contributed by atoms with van der Waals surface area (Å²) in [6.07, 6.45) is 1.06. The first-order valence-electron chi connectivity index (χ1n) is 11.8. The Kier molecular flexibility index (Phi) is 7.77. The van der Waals surface area contributed by atoms with Crippen molar-refractivity contribution in [2.45, 2.75) is 25.5 Å². The summed E-state index contributed by atoms with van der Waals surface area (Å²) in [5, 5.41) is 6.18. The van der Waals surface area contributed by atoms with Crippen molar-refractivity contribution in [2.24, 2.45) is 0 Å². The highest BCUT2D eigenvalue weighted by atomic mass is 35.5. The number of nitrogens with zero attached hydrogens (tertiary/aromatic N) is 4. The van der Waals surface area contributed by atoms with E-state index in [9.17, 15) is 12.8 Å². The van der Waals surface area contributed by atoms with Crippen molar-refractivity contribution in [2.75, 3.05) is 53.5 Å². The van der Waals surface area contributed by atoms with Gasteiger partial charge in [0.2, 0.25) is 16.0 Å². The number of benzene rings is 2. The fourth-order valence-electron chi connectivity index (χ4n) is 3.58. The van der Waals surface area contributed by atoms with Gasteiger partial charge in [-0.25, -0.2) is 17.8 Å². The average Bonchev–Trinajstić information content (AvgIpc) is 2.83. The van der Waals surface area contributed by atoms with Crippen LogP contribution >= 0.6 is 11.6 Å². The molecular weight excluding hydrogens is 517 g/mol. The van der Waals surface area contributed by atoms with E-state index in [1.807, 2.05) is 24.3 Å². The Hall–Kier alpha value is -3.15. The molecule has 2 aromatic carbocycles. The number of piperazine rings is 1. The zero-order chi connectivity index (χ0) is 26.8. The largest absolute Gasteiger partial charge is 0.369 e. The van der Waals surface area contributed by atoms with Crippen molar-refractivity contribution in [3.8, 4) is 0 Å². The van der Waals surface area contributed by atoms with Crippen molar-refractivity contribution in [3.63, 3.8) is 0 Å². The summed E-state index contributed by atoms with van der Waals surface area (Å²) in [4.78, 5) is 12.9. The highest BCUT2D eigenvalue weighted by molar-refractivity contribution is 7.94. The van der Waals surface area contributed by atoms with Crippen LogP contribution in [0.5, 0.6) is 0 Å². The molecule has 9 nitrogen and oxygen atoms in total. The van der Waals surface area contributed by atoms with Gasteiger partial charge in [0.1, 0.15) is 0 Å². The number of sulfonamides is 1. The zero-order valence-corrected chi connectivity index (χ0v) is 22.8. The van der Waals surface area contributed by atoms with E-state index >= 15 is 0 Å². The van der Waals surface area contributed by atoms with Gasteiger partial charge in [-0.1, -0.05) is 11.6 Å². The van der Waals surface area contributed by atoms with Crippen LogP contribution in [0.2, 0.25) is 5.02 Å². The van der Waals surface area contributed by atoms with Gasteiger partial charge in [-0.05, 0) is 70.3 Å².